The minimum atomic E-state index is -0.311. The first-order valence-corrected chi connectivity index (χ1v) is 49.1. The van der Waals surface area contributed by atoms with E-state index in [1.165, 1.54) is 133 Å². The first-order valence-electron chi connectivity index (χ1n) is 49.1. The standard InChI is InChI=1S/C22H26O3.C21H26O4.C21H26O3.C20H24O4.2C20H24O3/c1-14-10-16(3)21(11-15(14)2)25-13-20-18(12-22(23)24-4)6-5-7-19(20)17-8-9-17;1-6-24-19-9-7-8-17(12-21(22)23-5)18(19)13-25-20-11-15(3)14(2)10-16(20)4;1-6-17-8-7-9-18(12-21(22)23-5)19(17)13-24-20-11-15(3)14(2)10-16(20)4;1-13-8-15(3)19(9-14(13)2)24-12-18-16(10-20(22)23-4)6-5-7-17(18)11-21;2*1-13-7-6-8-17(11-20(21)22-5)18(13)12-23-19-10-15(3)14(2)9-16(19)4/h5-7,10-11,17H,8-9,12-13H2,1-4H3;7-11H,6,12-13H2,1-5H3;7-11H,6,12-13H2,1-5H3;5-9,21H,10-12H2,1-4H3;2*6-10H,11-12H2,1-5H3. The molecule has 1 saturated carbocycles. The van der Waals surface area contributed by atoms with E-state index >= 15 is 0 Å². The van der Waals surface area contributed by atoms with Gasteiger partial charge in [-0.3, -0.25) is 28.8 Å². The zero-order valence-electron chi connectivity index (χ0n) is 90.1. The third-order valence-electron chi connectivity index (χ3n) is 26.5. The van der Waals surface area contributed by atoms with E-state index in [4.69, 9.17) is 61.6 Å². The lowest BCUT2D eigenvalue weighted by Crippen LogP contribution is -2.11. The fraction of sp³-hybridized carbons (Fsp3) is 0.371. The Balaban J connectivity index is 0.000000211. The second kappa shape index (κ2) is 56.8. The maximum atomic E-state index is 11.8. The Bertz CT molecular complexity index is 6170. The largest absolute Gasteiger partial charge is 0.493 e. The number of carbonyl (C=O) groups is 6. The number of aryl methyl sites for hydroxylation is 21. The number of hydrogen-bond acceptors (Lipinski definition) is 20. The molecule has 1 aliphatic rings. The van der Waals surface area contributed by atoms with Gasteiger partial charge in [-0.15, -0.1) is 0 Å². The molecule has 0 spiro atoms. The van der Waals surface area contributed by atoms with Crippen LogP contribution in [0, 0.1) is 138 Å². The fourth-order valence-corrected chi connectivity index (χ4v) is 16.6. The summed E-state index contributed by atoms with van der Waals surface area (Å²) in [6, 6.07) is 60.6. The summed E-state index contributed by atoms with van der Waals surface area (Å²) < 4.78 is 70.9. The van der Waals surface area contributed by atoms with Crippen molar-refractivity contribution < 1.29 is 95.5 Å². The Morgan fingerprint density at radius 1 is 0.229 bits per heavy atom. The summed E-state index contributed by atoms with van der Waals surface area (Å²) in [7, 11) is 8.43. The lowest BCUT2D eigenvalue weighted by Gasteiger charge is -2.17. The van der Waals surface area contributed by atoms with E-state index in [0.717, 1.165) is 163 Å². The predicted molar refractivity (Wildman–Crippen MR) is 571 cm³/mol. The van der Waals surface area contributed by atoms with Crippen LogP contribution in [-0.2, 0) is 148 Å². The van der Waals surface area contributed by atoms with Crippen molar-refractivity contribution in [2.75, 3.05) is 49.3 Å². The average molecular weight is 1960 g/mol. The van der Waals surface area contributed by atoms with Crippen molar-refractivity contribution in [2.45, 2.75) is 262 Å². The highest BCUT2D eigenvalue weighted by molar-refractivity contribution is 5.76. The molecule has 0 aliphatic heterocycles. The van der Waals surface area contributed by atoms with Crippen molar-refractivity contribution >= 4 is 35.8 Å². The molecule has 0 bridgehead atoms. The molecule has 12 aromatic rings. The van der Waals surface area contributed by atoms with Gasteiger partial charge in [0, 0.05) is 5.56 Å². The number of carbonyl (C=O) groups excluding carboxylic acids is 6. The Hall–Kier alpha value is -14.0. The van der Waals surface area contributed by atoms with Gasteiger partial charge in [0.2, 0.25) is 0 Å². The number of hydrogen-bond donors (Lipinski definition) is 1. The van der Waals surface area contributed by atoms with Gasteiger partial charge in [-0.25, -0.2) is 0 Å². The quantitative estimate of drug-likeness (QED) is 0.0287. The van der Waals surface area contributed by atoms with E-state index in [0.29, 0.717) is 58.6 Å². The van der Waals surface area contributed by atoms with Gasteiger partial charge in [-0.1, -0.05) is 146 Å². The molecule has 0 atom stereocenters. The minimum absolute atomic E-state index is 0.0976. The first-order chi connectivity index (χ1) is 68.7. The van der Waals surface area contributed by atoms with Gasteiger partial charge in [0.15, 0.2) is 0 Å². The van der Waals surface area contributed by atoms with Crippen LogP contribution < -0.4 is 33.2 Å². The molecule has 0 aromatic heterocycles. The van der Waals surface area contributed by atoms with Gasteiger partial charge in [0.1, 0.15) is 79.9 Å². The number of esters is 6. The molecule has 0 radical (unpaired) electrons. The normalized spacial score (nSPS) is 11.0. The van der Waals surface area contributed by atoms with Crippen LogP contribution in [0.4, 0.5) is 0 Å². The Kier molecular flexibility index (Phi) is 45.4. The number of aliphatic hydroxyl groups excluding tert-OH is 1. The average Bonchev–Trinajstić information content (AvgIpc) is 1.64. The molecule has 0 unspecified atom stereocenters. The van der Waals surface area contributed by atoms with Gasteiger partial charge in [0.05, 0.1) is 94.4 Å². The minimum Gasteiger partial charge on any atom is -0.493 e. The zero-order chi connectivity index (χ0) is 106. The summed E-state index contributed by atoms with van der Waals surface area (Å²) in [6.45, 7) is 48.4. The van der Waals surface area contributed by atoms with E-state index in [-0.39, 0.29) is 74.5 Å². The Morgan fingerprint density at radius 3 is 0.715 bits per heavy atom. The molecular weight excluding hydrogens is 1810 g/mol. The summed E-state index contributed by atoms with van der Waals surface area (Å²) in [5.41, 5.74) is 38.6. The Labute approximate surface area is 854 Å². The lowest BCUT2D eigenvalue weighted by molar-refractivity contribution is -0.140. The van der Waals surface area contributed by atoms with Crippen molar-refractivity contribution in [3.63, 3.8) is 0 Å². The summed E-state index contributed by atoms with van der Waals surface area (Å²) in [6.07, 6.45) is 4.80. The number of ether oxygens (including phenoxy) is 13. The third kappa shape index (κ3) is 34.1. The molecule has 0 saturated heterocycles. The molecule has 20 heteroatoms. The van der Waals surface area contributed by atoms with Crippen LogP contribution in [0.5, 0.6) is 40.2 Å². The second-order valence-electron chi connectivity index (χ2n) is 37.1. The highest BCUT2D eigenvalue weighted by atomic mass is 16.5. The van der Waals surface area contributed by atoms with Crippen molar-refractivity contribution in [3.05, 3.63) is 377 Å². The maximum Gasteiger partial charge on any atom is 0.309 e. The van der Waals surface area contributed by atoms with Gasteiger partial charge in [-0.2, -0.15) is 0 Å². The highest BCUT2D eigenvalue weighted by Gasteiger charge is 2.29. The number of rotatable bonds is 35. The monoisotopic (exact) mass is 1960 g/mol. The molecule has 20 nitrogen and oxygen atoms in total. The molecule has 766 valence electrons. The molecular formula is C124H150O20. The SMILES string of the molecule is CCOc1cccc(CC(=O)OC)c1COc1cc(C)c(C)cc1C.CCc1cccc(CC(=O)OC)c1COc1cc(C)c(C)cc1C.COC(=O)Cc1cccc(C)c1COc1cc(C)c(C)cc1C.COC(=O)Cc1cccc(C)c1COc1cc(C)c(C)cc1C.COC(=O)Cc1cccc(C2CC2)c1COc1cc(C)c(C)cc1C.COC(=O)Cc1cccc(CO)c1COc1cc(C)c(C)cc1C. The van der Waals surface area contributed by atoms with E-state index in [2.05, 4.69) is 184 Å². The zero-order valence-corrected chi connectivity index (χ0v) is 90.1. The van der Waals surface area contributed by atoms with E-state index in [1.54, 1.807) is 0 Å². The summed E-state index contributed by atoms with van der Waals surface area (Å²) >= 11 is 0. The van der Waals surface area contributed by atoms with Crippen LogP contribution in [-0.4, -0.2) is 90.2 Å². The van der Waals surface area contributed by atoms with Crippen molar-refractivity contribution in [3.8, 4) is 40.2 Å². The third-order valence-corrected chi connectivity index (χ3v) is 26.5. The summed E-state index contributed by atoms with van der Waals surface area (Å²) in [5, 5.41) is 9.59. The fourth-order valence-electron chi connectivity index (χ4n) is 16.6. The van der Waals surface area contributed by atoms with Crippen LogP contribution in [0.25, 0.3) is 0 Å². The second-order valence-corrected chi connectivity index (χ2v) is 37.1. The van der Waals surface area contributed by atoms with E-state index in [1.807, 2.05) is 151 Å². The van der Waals surface area contributed by atoms with Gasteiger partial charge < -0.3 is 66.7 Å². The molecule has 1 aliphatic carbocycles. The van der Waals surface area contributed by atoms with Crippen LogP contribution >= 0.6 is 0 Å². The van der Waals surface area contributed by atoms with Crippen LogP contribution in [0.1, 0.15) is 227 Å². The van der Waals surface area contributed by atoms with Crippen molar-refractivity contribution in [1.29, 1.82) is 0 Å². The summed E-state index contributed by atoms with van der Waals surface area (Å²) in [4.78, 5) is 70.0. The number of benzene rings is 12. The predicted octanol–water partition coefficient (Wildman–Crippen LogP) is 25.4. The first kappa shape index (κ1) is 115. The van der Waals surface area contributed by atoms with Crippen molar-refractivity contribution in [2.24, 2.45) is 0 Å². The van der Waals surface area contributed by atoms with Gasteiger partial charge in [-0.05, 0) is 402 Å². The topological polar surface area (TPSA) is 243 Å². The lowest BCUT2D eigenvalue weighted by atomic mass is 9.96. The van der Waals surface area contributed by atoms with Crippen LogP contribution in [0.3, 0.4) is 0 Å². The van der Waals surface area contributed by atoms with E-state index in [9.17, 15) is 33.9 Å². The Morgan fingerprint density at radius 2 is 0.444 bits per heavy atom. The molecule has 1 fully saturated rings. The smallest absolute Gasteiger partial charge is 0.309 e. The number of methoxy groups -OCH3 is 6. The molecule has 1 N–H and O–H groups in total. The van der Waals surface area contributed by atoms with Gasteiger partial charge in [0.25, 0.3) is 0 Å². The highest BCUT2D eigenvalue weighted by Crippen LogP contribution is 2.43. The molecule has 0 heterocycles. The number of aliphatic hydroxyl groups is 1. The van der Waals surface area contributed by atoms with Crippen LogP contribution in [0.2, 0.25) is 0 Å². The molecule has 144 heavy (non-hydrogen) atoms. The molecule has 13 rings (SSSR count). The van der Waals surface area contributed by atoms with Gasteiger partial charge >= 0.3 is 35.8 Å². The van der Waals surface area contributed by atoms with E-state index < -0.39 is 0 Å². The molecule has 12 aromatic carbocycles. The summed E-state index contributed by atoms with van der Waals surface area (Å²) in [5.74, 6) is 5.09. The maximum absolute atomic E-state index is 11.8. The van der Waals surface area contributed by atoms with Crippen LogP contribution in [0.15, 0.2) is 182 Å². The molecule has 0 amide bonds. The van der Waals surface area contributed by atoms with Crippen molar-refractivity contribution in [1.82, 2.24) is 0 Å².